The molecule has 1 aromatic carbocycles. The number of furan rings is 1. The maximum absolute atomic E-state index is 9.15. The quantitative estimate of drug-likeness (QED) is 0.923. The average Bonchev–Trinajstić information content (AvgIpc) is 2.87. The van der Waals surface area contributed by atoms with Crippen LogP contribution in [0, 0.1) is 11.3 Å². The van der Waals surface area contributed by atoms with E-state index in [-0.39, 0.29) is 0 Å². The first-order valence-electron chi connectivity index (χ1n) is 5.31. The van der Waals surface area contributed by atoms with Gasteiger partial charge in [0, 0.05) is 0 Å². The van der Waals surface area contributed by atoms with Gasteiger partial charge >= 0.3 is 0 Å². The fourth-order valence-electron chi connectivity index (χ4n) is 1.55. The summed E-state index contributed by atoms with van der Waals surface area (Å²) >= 11 is 11.8. The van der Waals surface area contributed by atoms with Crippen LogP contribution < -0.4 is 5.32 Å². The minimum absolute atomic E-state index is 0.439. The second-order valence-corrected chi connectivity index (χ2v) is 4.51. The minimum Gasteiger partial charge on any atom is -0.468 e. The van der Waals surface area contributed by atoms with Crippen LogP contribution in [0.3, 0.4) is 0 Å². The Bertz CT molecular complexity index is 561. The van der Waals surface area contributed by atoms with Crippen LogP contribution in [0.5, 0.6) is 0 Å². The normalized spacial score (nSPS) is 12.1. The molecule has 1 N–H and O–H groups in total. The summed E-state index contributed by atoms with van der Waals surface area (Å²) in [4.78, 5) is 0. The second kappa shape index (κ2) is 5.92. The second-order valence-electron chi connectivity index (χ2n) is 3.70. The number of hydrogen-bond acceptors (Lipinski definition) is 3. The molecule has 0 aliphatic heterocycles. The van der Waals surface area contributed by atoms with Gasteiger partial charge in [-0.25, -0.2) is 0 Å². The molecule has 18 heavy (non-hydrogen) atoms. The van der Waals surface area contributed by atoms with Crippen molar-refractivity contribution in [3.05, 3.63) is 58.0 Å². The Morgan fingerprint density at radius 3 is 2.72 bits per heavy atom. The molecular weight excluding hydrogens is 271 g/mol. The summed E-state index contributed by atoms with van der Waals surface area (Å²) in [5.74, 6) is 0.773. The number of rotatable bonds is 4. The Morgan fingerprint density at radius 2 is 2.11 bits per heavy atom. The Kier molecular flexibility index (Phi) is 4.27. The maximum atomic E-state index is 9.15. The van der Waals surface area contributed by atoms with Crippen molar-refractivity contribution in [1.29, 1.82) is 5.26 Å². The highest BCUT2D eigenvalue weighted by Crippen LogP contribution is 2.25. The predicted octanol–water partition coefficient (Wildman–Crippen LogP) is 3.94. The smallest absolute Gasteiger partial charge is 0.121 e. The number of halogens is 2. The molecule has 0 amide bonds. The molecule has 1 aromatic heterocycles. The van der Waals surface area contributed by atoms with E-state index in [1.807, 2.05) is 6.07 Å². The molecule has 92 valence electrons. The van der Waals surface area contributed by atoms with E-state index in [1.54, 1.807) is 30.5 Å². The van der Waals surface area contributed by atoms with Gasteiger partial charge in [-0.2, -0.15) is 5.26 Å². The number of benzene rings is 1. The highest BCUT2D eigenvalue weighted by molar-refractivity contribution is 6.42. The van der Waals surface area contributed by atoms with E-state index in [1.165, 1.54) is 0 Å². The molecule has 0 radical (unpaired) electrons. The third-order valence-corrected chi connectivity index (χ3v) is 3.21. The van der Waals surface area contributed by atoms with E-state index >= 15 is 0 Å². The fraction of sp³-hybridized carbons (Fsp3) is 0.154. The summed E-state index contributed by atoms with van der Waals surface area (Å²) in [6.07, 6.45) is 1.59. The molecule has 0 saturated carbocycles. The van der Waals surface area contributed by atoms with Gasteiger partial charge < -0.3 is 4.42 Å². The first-order valence-corrected chi connectivity index (χ1v) is 6.06. The zero-order chi connectivity index (χ0) is 13.0. The Hall–Kier alpha value is -1.47. The largest absolute Gasteiger partial charge is 0.468 e. The summed E-state index contributed by atoms with van der Waals surface area (Å²) in [6.45, 7) is 0.478. The van der Waals surface area contributed by atoms with E-state index < -0.39 is 6.04 Å². The molecule has 0 aliphatic rings. The molecule has 0 bridgehead atoms. The van der Waals surface area contributed by atoms with E-state index in [2.05, 4.69) is 11.4 Å². The highest BCUT2D eigenvalue weighted by Gasteiger charge is 2.12. The number of nitrogens with zero attached hydrogens (tertiary/aromatic N) is 1. The third-order valence-electron chi connectivity index (χ3n) is 2.47. The van der Waals surface area contributed by atoms with E-state index in [0.717, 1.165) is 11.3 Å². The van der Waals surface area contributed by atoms with Crippen LogP contribution in [-0.4, -0.2) is 0 Å². The Labute approximate surface area is 115 Å². The molecule has 2 rings (SSSR count). The zero-order valence-electron chi connectivity index (χ0n) is 9.36. The van der Waals surface area contributed by atoms with Crippen molar-refractivity contribution in [3.63, 3.8) is 0 Å². The first-order chi connectivity index (χ1) is 8.70. The van der Waals surface area contributed by atoms with E-state index in [4.69, 9.17) is 32.9 Å². The number of nitrogens with one attached hydrogen (secondary N) is 1. The van der Waals surface area contributed by atoms with Crippen molar-refractivity contribution in [2.75, 3.05) is 0 Å². The van der Waals surface area contributed by atoms with Crippen LogP contribution in [0.25, 0.3) is 0 Å². The summed E-state index contributed by atoms with van der Waals surface area (Å²) in [7, 11) is 0. The predicted molar refractivity (Wildman–Crippen MR) is 70.4 cm³/mol. The standard InChI is InChI=1S/C13H10Cl2N2O/c14-11-4-3-9(6-12(11)15)13(7-16)17-8-10-2-1-5-18-10/h1-6,13,17H,8H2. The van der Waals surface area contributed by atoms with E-state index in [0.29, 0.717) is 16.6 Å². The lowest BCUT2D eigenvalue weighted by Crippen LogP contribution is -2.19. The van der Waals surface area contributed by atoms with Gasteiger partial charge in [0.15, 0.2) is 0 Å². The van der Waals surface area contributed by atoms with Crippen LogP contribution in [0.15, 0.2) is 41.0 Å². The van der Waals surface area contributed by atoms with Crippen molar-refractivity contribution in [2.24, 2.45) is 0 Å². The molecule has 0 spiro atoms. The summed E-state index contributed by atoms with van der Waals surface area (Å²) in [6, 6.07) is 10.5. The monoisotopic (exact) mass is 280 g/mol. The van der Waals surface area contributed by atoms with Crippen molar-refractivity contribution < 1.29 is 4.42 Å². The van der Waals surface area contributed by atoms with Crippen molar-refractivity contribution in [1.82, 2.24) is 5.32 Å². The molecule has 1 heterocycles. The van der Waals surface area contributed by atoms with Gasteiger partial charge in [-0.05, 0) is 29.8 Å². The lowest BCUT2D eigenvalue weighted by atomic mass is 10.1. The van der Waals surface area contributed by atoms with Crippen LogP contribution in [0.4, 0.5) is 0 Å². The Balaban J connectivity index is 2.08. The van der Waals surface area contributed by atoms with Crippen LogP contribution in [0.2, 0.25) is 10.0 Å². The summed E-state index contributed by atoms with van der Waals surface area (Å²) < 4.78 is 5.19. The van der Waals surface area contributed by atoms with Gasteiger partial charge in [0.2, 0.25) is 0 Å². The van der Waals surface area contributed by atoms with Gasteiger partial charge in [0.1, 0.15) is 11.8 Å². The average molecular weight is 281 g/mol. The Morgan fingerprint density at radius 1 is 1.28 bits per heavy atom. The fourth-order valence-corrected chi connectivity index (χ4v) is 1.85. The lowest BCUT2D eigenvalue weighted by molar-refractivity contribution is 0.473. The number of hydrogen-bond donors (Lipinski definition) is 1. The third kappa shape index (κ3) is 3.05. The van der Waals surface area contributed by atoms with Crippen LogP contribution >= 0.6 is 23.2 Å². The van der Waals surface area contributed by atoms with Gasteiger partial charge in [0.25, 0.3) is 0 Å². The molecule has 1 unspecified atom stereocenters. The van der Waals surface area contributed by atoms with E-state index in [9.17, 15) is 0 Å². The zero-order valence-corrected chi connectivity index (χ0v) is 10.9. The highest BCUT2D eigenvalue weighted by atomic mass is 35.5. The van der Waals surface area contributed by atoms with Gasteiger partial charge in [-0.1, -0.05) is 29.3 Å². The maximum Gasteiger partial charge on any atom is 0.121 e. The minimum atomic E-state index is -0.454. The lowest BCUT2D eigenvalue weighted by Gasteiger charge is -2.11. The van der Waals surface area contributed by atoms with Crippen molar-refractivity contribution in [3.8, 4) is 6.07 Å². The van der Waals surface area contributed by atoms with Gasteiger partial charge in [0.05, 0.1) is 28.9 Å². The number of nitriles is 1. The van der Waals surface area contributed by atoms with Crippen molar-refractivity contribution >= 4 is 23.2 Å². The summed E-state index contributed by atoms with van der Waals surface area (Å²) in [5, 5.41) is 13.1. The molecule has 5 heteroatoms. The SMILES string of the molecule is N#CC(NCc1ccco1)c1ccc(Cl)c(Cl)c1. The molecule has 0 fully saturated rings. The van der Waals surface area contributed by atoms with Crippen LogP contribution in [-0.2, 0) is 6.54 Å². The molecule has 2 aromatic rings. The van der Waals surface area contributed by atoms with Gasteiger partial charge in [-0.15, -0.1) is 0 Å². The molecular formula is C13H10Cl2N2O. The summed E-state index contributed by atoms with van der Waals surface area (Å²) in [5.41, 5.74) is 0.776. The molecule has 3 nitrogen and oxygen atoms in total. The first kappa shape index (κ1) is 13.0. The molecule has 0 aliphatic carbocycles. The molecule has 1 atom stereocenters. The topological polar surface area (TPSA) is 49.0 Å². The van der Waals surface area contributed by atoms with Gasteiger partial charge in [-0.3, -0.25) is 5.32 Å². The molecule has 0 saturated heterocycles. The van der Waals surface area contributed by atoms with Crippen molar-refractivity contribution in [2.45, 2.75) is 12.6 Å². The van der Waals surface area contributed by atoms with Crippen LogP contribution in [0.1, 0.15) is 17.4 Å².